The van der Waals surface area contributed by atoms with Crippen molar-refractivity contribution in [2.24, 2.45) is 5.10 Å². The topological polar surface area (TPSA) is 32.7 Å². The zero-order valence-corrected chi connectivity index (χ0v) is 14.9. The average Bonchev–Trinajstić information content (AvgIpc) is 2.90. The summed E-state index contributed by atoms with van der Waals surface area (Å²) in [6, 6.07) is 1.53. The molecule has 1 saturated heterocycles. The second kappa shape index (κ2) is 7.61. The molecule has 2 heterocycles. The van der Waals surface area contributed by atoms with Gasteiger partial charge in [-0.3, -0.25) is 9.80 Å². The van der Waals surface area contributed by atoms with E-state index in [1.807, 2.05) is 0 Å². The van der Waals surface area contributed by atoms with Crippen molar-refractivity contribution in [2.45, 2.75) is 32.4 Å². The number of hydrazone groups is 1. The highest BCUT2D eigenvalue weighted by atomic mass is 79.9. The van der Waals surface area contributed by atoms with Crippen LogP contribution >= 0.6 is 27.3 Å². The van der Waals surface area contributed by atoms with Gasteiger partial charge in [0.05, 0.1) is 10.5 Å². The van der Waals surface area contributed by atoms with Gasteiger partial charge in [0.25, 0.3) is 0 Å². The molecule has 0 saturated carbocycles. The fourth-order valence-electron chi connectivity index (χ4n) is 2.24. The molecule has 0 spiro atoms. The maximum atomic E-state index is 13.3. The monoisotopic (exact) mass is 408 g/mol. The quantitative estimate of drug-likeness (QED) is 0.524. The van der Waals surface area contributed by atoms with Crippen LogP contribution in [0.25, 0.3) is 5.57 Å². The third kappa shape index (κ3) is 4.91. The molecular formula is C15H16BrF3N2OS. The van der Waals surface area contributed by atoms with Crippen LogP contribution < -0.4 is 0 Å². The third-order valence-electron chi connectivity index (χ3n) is 3.42. The van der Waals surface area contributed by atoms with Gasteiger partial charge in [-0.2, -0.15) is 18.3 Å². The lowest BCUT2D eigenvalue weighted by molar-refractivity contribution is -0.109. The van der Waals surface area contributed by atoms with Gasteiger partial charge in [-0.05, 0) is 53.6 Å². The number of alkyl halides is 3. The maximum absolute atomic E-state index is 13.3. The first kappa shape index (κ1) is 18.2. The molecule has 0 bridgehead atoms. The molecule has 0 N–H and O–H groups in total. The van der Waals surface area contributed by atoms with Crippen LogP contribution in [-0.4, -0.2) is 35.8 Å². The van der Waals surface area contributed by atoms with Gasteiger partial charge in [-0.1, -0.05) is 0 Å². The summed E-state index contributed by atoms with van der Waals surface area (Å²) in [4.78, 5) is 12.1. The minimum absolute atomic E-state index is 0.00313. The summed E-state index contributed by atoms with van der Waals surface area (Å²) in [6.45, 7) is 2.92. The molecule has 1 fully saturated rings. The van der Waals surface area contributed by atoms with Crippen LogP contribution in [0.1, 0.15) is 31.1 Å². The number of carbonyl (C=O) groups excluding carboxylic acids is 1. The van der Waals surface area contributed by atoms with Gasteiger partial charge in [0.15, 0.2) is 0 Å². The van der Waals surface area contributed by atoms with Crippen molar-refractivity contribution in [1.82, 2.24) is 5.01 Å². The molecule has 0 aliphatic carbocycles. The summed E-state index contributed by atoms with van der Waals surface area (Å²) in [5.74, 6) is -0.719. The Bertz CT molecular complexity index is 631. The smallest absolute Gasteiger partial charge is 0.297 e. The predicted octanol–water partition coefficient (Wildman–Crippen LogP) is 4.89. The van der Waals surface area contributed by atoms with Crippen molar-refractivity contribution >= 4 is 44.3 Å². The van der Waals surface area contributed by atoms with Gasteiger partial charge >= 0.3 is 6.18 Å². The first-order valence-electron chi connectivity index (χ1n) is 7.16. The molecule has 1 aliphatic rings. The fraction of sp³-hybridized carbons (Fsp3) is 0.467. The van der Waals surface area contributed by atoms with Gasteiger partial charge < -0.3 is 0 Å². The molecule has 23 heavy (non-hydrogen) atoms. The van der Waals surface area contributed by atoms with E-state index in [1.54, 1.807) is 5.01 Å². The number of hydrogen-bond acceptors (Lipinski definition) is 4. The highest BCUT2D eigenvalue weighted by Gasteiger charge is 2.37. The Morgan fingerprint density at radius 2 is 2.00 bits per heavy atom. The number of halogens is 4. The van der Waals surface area contributed by atoms with Crippen LogP contribution in [0.3, 0.4) is 0 Å². The zero-order chi connectivity index (χ0) is 17.0. The van der Waals surface area contributed by atoms with Crippen LogP contribution in [0.15, 0.2) is 27.1 Å². The maximum Gasteiger partial charge on any atom is 0.417 e. The molecule has 8 heteroatoms. The minimum Gasteiger partial charge on any atom is -0.297 e. The number of allylic oxidation sites excluding steroid dienone is 2. The van der Waals surface area contributed by atoms with Crippen LogP contribution in [0.4, 0.5) is 13.2 Å². The van der Waals surface area contributed by atoms with Crippen molar-refractivity contribution < 1.29 is 18.0 Å². The lowest BCUT2D eigenvalue weighted by Crippen LogP contribution is -2.27. The summed E-state index contributed by atoms with van der Waals surface area (Å²) < 4.78 is 40.1. The first-order valence-corrected chi connectivity index (χ1v) is 8.83. The Morgan fingerprint density at radius 1 is 1.35 bits per heavy atom. The van der Waals surface area contributed by atoms with Crippen LogP contribution in [-0.2, 0) is 4.79 Å². The van der Waals surface area contributed by atoms with E-state index in [9.17, 15) is 18.0 Å². The Labute approximate surface area is 145 Å². The molecule has 0 aromatic carbocycles. The number of nitrogens with zero attached hydrogens (tertiary/aromatic N) is 2. The van der Waals surface area contributed by atoms with Crippen molar-refractivity contribution in [3.63, 3.8) is 0 Å². The van der Waals surface area contributed by atoms with Crippen molar-refractivity contribution in [1.29, 1.82) is 0 Å². The molecular weight excluding hydrogens is 393 g/mol. The summed E-state index contributed by atoms with van der Waals surface area (Å²) in [5.41, 5.74) is -0.876. The first-order chi connectivity index (χ1) is 10.8. The van der Waals surface area contributed by atoms with Gasteiger partial charge in [-0.15, -0.1) is 11.3 Å². The number of carbonyl (C=O) groups is 1. The van der Waals surface area contributed by atoms with Gasteiger partial charge in [-0.25, -0.2) is 0 Å². The molecule has 0 unspecified atom stereocenters. The lowest BCUT2D eigenvalue weighted by Gasteiger charge is -2.24. The van der Waals surface area contributed by atoms with E-state index in [2.05, 4.69) is 21.0 Å². The van der Waals surface area contributed by atoms with Crippen molar-refractivity contribution in [2.75, 3.05) is 13.1 Å². The van der Waals surface area contributed by atoms with E-state index in [1.165, 1.54) is 18.4 Å². The number of thiophene rings is 1. The summed E-state index contributed by atoms with van der Waals surface area (Å²) in [7, 11) is 0. The van der Waals surface area contributed by atoms with Gasteiger partial charge in [0.1, 0.15) is 5.71 Å². The number of hydrogen-bond donors (Lipinski definition) is 0. The SMILES string of the molecule is C/C(=N\N1CCCCC1)C(=O)/C=C(\c1sccc1Br)C(F)(F)F. The molecule has 0 amide bonds. The minimum atomic E-state index is -4.60. The molecule has 126 valence electrons. The van der Waals surface area contributed by atoms with E-state index >= 15 is 0 Å². The summed E-state index contributed by atoms with van der Waals surface area (Å²) in [5, 5.41) is 7.44. The second-order valence-corrected chi connectivity index (χ2v) is 6.99. The van der Waals surface area contributed by atoms with E-state index in [0.29, 0.717) is 10.5 Å². The number of piperidine rings is 1. The Kier molecular flexibility index (Phi) is 6.02. The van der Waals surface area contributed by atoms with Crippen LogP contribution in [0.2, 0.25) is 0 Å². The number of ketones is 1. The van der Waals surface area contributed by atoms with E-state index in [4.69, 9.17) is 0 Å². The zero-order valence-electron chi connectivity index (χ0n) is 12.5. The van der Waals surface area contributed by atoms with Crippen LogP contribution in [0.5, 0.6) is 0 Å². The fourth-order valence-corrected chi connectivity index (χ4v) is 3.86. The third-order valence-corrected chi connectivity index (χ3v) is 5.29. The van der Waals surface area contributed by atoms with E-state index < -0.39 is 17.5 Å². The number of rotatable bonds is 4. The lowest BCUT2D eigenvalue weighted by atomic mass is 10.1. The molecule has 3 nitrogen and oxygen atoms in total. The average molecular weight is 409 g/mol. The molecule has 1 aromatic heterocycles. The standard InChI is InChI=1S/C15H16BrF3N2OS/c1-10(20-21-6-3-2-4-7-21)13(22)9-11(15(17,18)19)14-12(16)5-8-23-14/h5,8-9H,2-4,6-7H2,1H3/b11-9+,20-10+. The summed E-state index contributed by atoms with van der Waals surface area (Å²) >= 11 is 4.02. The van der Waals surface area contributed by atoms with Crippen molar-refractivity contribution in [3.8, 4) is 0 Å². The molecule has 1 aromatic rings. The molecule has 0 atom stereocenters. The predicted molar refractivity (Wildman–Crippen MR) is 89.6 cm³/mol. The Balaban J connectivity index is 2.26. The van der Waals surface area contributed by atoms with Gasteiger partial charge in [0, 0.05) is 23.6 Å². The van der Waals surface area contributed by atoms with Crippen LogP contribution in [0, 0.1) is 0 Å². The van der Waals surface area contributed by atoms with E-state index in [-0.39, 0.29) is 10.6 Å². The largest absolute Gasteiger partial charge is 0.417 e. The van der Waals surface area contributed by atoms with Gasteiger partial charge in [0.2, 0.25) is 5.78 Å². The molecule has 2 rings (SSSR count). The van der Waals surface area contributed by atoms with E-state index in [0.717, 1.165) is 43.7 Å². The molecule has 0 radical (unpaired) electrons. The highest BCUT2D eigenvalue weighted by molar-refractivity contribution is 9.10. The summed E-state index contributed by atoms with van der Waals surface area (Å²) in [6.07, 6.45) is -0.884. The highest BCUT2D eigenvalue weighted by Crippen LogP contribution is 2.40. The Hall–Kier alpha value is -1.15. The Morgan fingerprint density at radius 3 is 2.52 bits per heavy atom. The molecule has 1 aliphatic heterocycles. The van der Waals surface area contributed by atoms with Crippen molar-refractivity contribution in [3.05, 3.63) is 26.9 Å². The normalized spacial score (nSPS) is 17.5. The second-order valence-electron chi connectivity index (χ2n) is 5.22.